The fourth-order valence-corrected chi connectivity index (χ4v) is 3.78. The minimum Gasteiger partial charge on any atom is -0.462 e. The summed E-state index contributed by atoms with van der Waals surface area (Å²) in [4.78, 5) is 11.3. The SMILES string of the molecule is C=C(C)C(=O)OCCCCC(C)CCCCC(C)CCCCCCCCCC. The lowest BCUT2D eigenvalue weighted by atomic mass is 9.93. The van der Waals surface area contributed by atoms with Gasteiger partial charge in [0.15, 0.2) is 0 Å². The molecule has 0 spiro atoms. The van der Waals surface area contributed by atoms with Crippen molar-refractivity contribution in [3.63, 3.8) is 0 Å². The molecule has 0 aliphatic heterocycles. The summed E-state index contributed by atoms with van der Waals surface area (Å²) < 4.78 is 5.14. The molecule has 0 aromatic heterocycles. The van der Waals surface area contributed by atoms with Crippen LogP contribution in [0.25, 0.3) is 0 Å². The largest absolute Gasteiger partial charge is 0.462 e. The first-order valence-electron chi connectivity index (χ1n) is 12.3. The van der Waals surface area contributed by atoms with Gasteiger partial charge in [-0.15, -0.1) is 0 Å². The average Bonchev–Trinajstić information content (AvgIpc) is 2.66. The number of rotatable bonds is 20. The highest BCUT2D eigenvalue weighted by Gasteiger charge is 2.06. The fraction of sp³-hybridized carbons (Fsp3) is 0.885. The Balaban J connectivity index is 3.38. The lowest BCUT2D eigenvalue weighted by Gasteiger charge is -2.14. The lowest BCUT2D eigenvalue weighted by Crippen LogP contribution is -2.06. The highest BCUT2D eigenvalue weighted by Crippen LogP contribution is 2.21. The molecule has 0 aromatic rings. The van der Waals surface area contributed by atoms with Gasteiger partial charge in [-0.1, -0.05) is 117 Å². The number of ether oxygens (including phenoxy) is 1. The molecule has 0 saturated carbocycles. The number of hydrogen-bond acceptors (Lipinski definition) is 2. The second kappa shape index (κ2) is 19.5. The second-order valence-electron chi connectivity index (χ2n) is 9.17. The molecule has 0 rings (SSSR count). The van der Waals surface area contributed by atoms with E-state index >= 15 is 0 Å². The summed E-state index contributed by atoms with van der Waals surface area (Å²) in [6.07, 6.45) is 21.7. The van der Waals surface area contributed by atoms with Gasteiger partial charge in [-0.2, -0.15) is 0 Å². The Hall–Kier alpha value is -0.790. The topological polar surface area (TPSA) is 26.3 Å². The maximum atomic E-state index is 11.3. The summed E-state index contributed by atoms with van der Waals surface area (Å²) in [5.74, 6) is 1.44. The highest BCUT2D eigenvalue weighted by atomic mass is 16.5. The molecule has 0 aliphatic carbocycles. The van der Waals surface area contributed by atoms with E-state index in [1.165, 1.54) is 89.9 Å². The van der Waals surface area contributed by atoms with E-state index in [2.05, 4.69) is 27.4 Å². The summed E-state index contributed by atoms with van der Waals surface area (Å²) in [5, 5.41) is 0. The van der Waals surface area contributed by atoms with Crippen LogP contribution < -0.4 is 0 Å². The third-order valence-corrected chi connectivity index (χ3v) is 5.87. The summed E-state index contributed by atoms with van der Waals surface area (Å²) in [6, 6.07) is 0. The van der Waals surface area contributed by atoms with Crippen LogP contribution >= 0.6 is 0 Å². The fourth-order valence-electron chi connectivity index (χ4n) is 3.78. The maximum absolute atomic E-state index is 11.3. The maximum Gasteiger partial charge on any atom is 0.333 e. The Morgan fingerprint density at radius 3 is 1.57 bits per heavy atom. The smallest absolute Gasteiger partial charge is 0.333 e. The van der Waals surface area contributed by atoms with Crippen molar-refractivity contribution in [2.75, 3.05) is 6.61 Å². The minimum atomic E-state index is -0.255. The first-order valence-corrected chi connectivity index (χ1v) is 12.3. The number of carbonyl (C=O) groups is 1. The van der Waals surface area contributed by atoms with Crippen LogP contribution in [0.2, 0.25) is 0 Å². The van der Waals surface area contributed by atoms with Gasteiger partial charge in [0.05, 0.1) is 6.61 Å². The monoisotopic (exact) mass is 394 g/mol. The molecule has 0 N–H and O–H groups in total. The summed E-state index contributed by atoms with van der Waals surface area (Å²) in [7, 11) is 0. The molecular formula is C26H50O2. The highest BCUT2D eigenvalue weighted by molar-refractivity contribution is 5.86. The molecule has 0 heterocycles. The molecule has 2 unspecified atom stereocenters. The summed E-state index contributed by atoms with van der Waals surface area (Å²) >= 11 is 0. The van der Waals surface area contributed by atoms with Gasteiger partial charge >= 0.3 is 5.97 Å². The van der Waals surface area contributed by atoms with Crippen molar-refractivity contribution in [3.05, 3.63) is 12.2 Å². The van der Waals surface area contributed by atoms with Gasteiger partial charge in [-0.05, 0) is 31.6 Å². The van der Waals surface area contributed by atoms with Gasteiger partial charge in [0, 0.05) is 5.57 Å². The van der Waals surface area contributed by atoms with Crippen LogP contribution in [0.15, 0.2) is 12.2 Å². The Labute approximate surface area is 176 Å². The molecular weight excluding hydrogens is 344 g/mol. The first kappa shape index (κ1) is 27.2. The quantitative estimate of drug-likeness (QED) is 0.117. The van der Waals surface area contributed by atoms with Crippen LogP contribution in [0.1, 0.15) is 130 Å². The molecule has 2 heteroatoms. The van der Waals surface area contributed by atoms with Crippen LogP contribution in [-0.2, 0) is 9.53 Å². The molecule has 0 bridgehead atoms. The zero-order chi connectivity index (χ0) is 21.0. The molecule has 0 amide bonds. The van der Waals surface area contributed by atoms with Crippen LogP contribution in [0.3, 0.4) is 0 Å². The summed E-state index contributed by atoms with van der Waals surface area (Å²) in [5.41, 5.74) is 0.491. The molecule has 2 atom stereocenters. The number of unbranched alkanes of at least 4 members (excludes halogenated alkanes) is 9. The van der Waals surface area contributed by atoms with E-state index in [1.807, 2.05) is 0 Å². The van der Waals surface area contributed by atoms with Crippen molar-refractivity contribution < 1.29 is 9.53 Å². The number of esters is 1. The van der Waals surface area contributed by atoms with Crippen molar-refractivity contribution in [1.29, 1.82) is 0 Å². The van der Waals surface area contributed by atoms with Gasteiger partial charge < -0.3 is 4.74 Å². The Morgan fingerprint density at radius 1 is 0.714 bits per heavy atom. The van der Waals surface area contributed by atoms with Crippen molar-refractivity contribution >= 4 is 5.97 Å². The predicted octanol–water partition coefficient (Wildman–Crippen LogP) is 8.64. The van der Waals surface area contributed by atoms with Crippen LogP contribution in [0.4, 0.5) is 0 Å². The molecule has 2 nitrogen and oxygen atoms in total. The lowest BCUT2D eigenvalue weighted by molar-refractivity contribution is -0.139. The normalized spacial score (nSPS) is 13.3. The molecule has 0 fully saturated rings. The van der Waals surface area contributed by atoms with E-state index in [9.17, 15) is 4.79 Å². The number of hydrogen-bond donors (Lipinski definition) is 0. The Morgan fingerprint density at radius 2 is 1.11 bits per heavy atom. The van der Waals surface area contributed by atoms with Crippen molar-refractivity contribution in [1.82, 2.24) is 0 Å². The van der Waals surface area contributed by atoms with Crippen molar-refractivity contribution in [3.8, 4) is 0 Å². The number of carbonyl (C=O) groups excluding carboxylic acids is 1. The average molecular weight is 395 g/mol. The van der Waals surface area contributed by atoms with Crippen LogP contribution in [0.5, 0.6) is 0 Å². The van der Waals surface area contributed by atoms with Crippen molar-refractivity contribution in [2.45, 2.75) is 130 Å². The van der Waals surface area contributed by atoms with E-state index in [4.69, 9.17) is 4.74 Å². The van der Waals surface area contributed by atoms with E-state index in [1.54, 1.807) is 6.92 Å². The molecule has 0 aromatic carbocycles. The van der Waals surface area contributed by atoms with Crippen LogP contribution in [0, 0.1) is 11.8 Å². The third kappa shape index (κ3) is 18.6. The standard InChI is InChI=1S/C26H50O2/c1-6-7-8-9-10-11-12-13-18-24(4)19-14-15-20-25(5)21-16-17-22-28-26(27)23(2)3/h24-25H,2,6-22H2,1,3-5H3. The molecule has 28 heavy (non-hydrogen) atoms. The molecule has 0 saturated heterocycles. The van der Waals surface area contributed by atoms with Gasteiger partial charge in [0.25, 0.3) is 0 Å². The van der Waals surface area contributed by atoms with E-state index in [0.29, 0.717) is 12.2 Å². The predicted molar refractivity (Wildman–Crippen MR) is 124 cm³/mol. The van der Waals surface area contributed by atoms with E-state index in [-0.39, 0.29) is 5.97 Å². The zero-order valence-corrected chi connectivity index (χ0v) is 19.7. The molecule has 0 radical (unpaired) electrons. The van der Waals surface area contributed by atoms with Crippen molar-refractivity contribution in [2.24, 2.45) is 11.8 Å². The third-order valence-electron chi connectivity index (χ3n) is 5.87. The van der Waals surface area contributed by atoms with Gasteiger partial charge in [0.1, 0.15) is 0 Å². The van der Waals surface area contributed by atoms with Gasteiger partial charge in [-0.25, -0.2) is 4.79 Å². The van der Waals surface area contributed by atoms with Gasteiger partial charge in [-0.3, -0.25) is 0 Å². The van der Waals surface area contributed by atoms with E-state index in [0.717, 1.165) is 24.7 Å². The molecule has 0 aliphatic rings. The second-order valence-corrected chi connectivity index (χ2v) is 9.17. The minimum absolute atomic E-state index is 0.255. The Bertz CT molecular complexity index is 375. The van der Waals surface area contributed by atoms with E-state index < -0.39 is 0 Å². The van der Waals surface area contributed by atoms with Crippen LogP contribution in [-0.4, -0.2) is 12.6 Å². The first-order chi connectivity index (χ1) is 13.5. The molecule has 166 valence electrons. The van der Waals surface area contributed by atoms with Gasteiger partial charge in [0.2, 0.25) is 0 Å². The zero-order valence-electron chi connectivity index (χ0n) is 19.7. The summed E-state index contributed by atoms with van der Waals surface area (Å²) in [6.45, 7) is 12.9. The Kier molecular flexibility index (Phi) is 19.0.